The first kappa shape index (κ1) is 19.7. The zero-order valence-electron chi connectivity index (χ0n) is 18.8. The minimum absolute atomic E-state index is 0.844. The van der Waals surface area contributed by atoms with Crippen LogP contribution in [0.25, 0.3) is 44.5 Å². The van der Waals surface area contributed by atoms with Crippen LogP contribution in [0, 0.1) is 6.92 Å². The van der Waals surface area contributed by atoms with Gasteiger partial charge in [0.1, 0.15) is 5.75 Å². The maximum atomic E-state index is 5.36. The number of ether oxygens (including phenoxy) is 1. The van der Waals surface area contributed by atoms with Crippen molar-refractivity contribution in [2.24, 2.45) is 0 Å². The van der Waals surface area contributed by atoms with Gasteiger partial charge in [-0.05, 0) is 78.9 Å². The summed E-state index contributed by atoms with van der Waals surface area (Å²) in [7, 11) is 1.69. The maximum absolute atomic E-state index is 5.36. The maximum Gasteiger partial charge on any atom is 0.118 e. The molecule has 0 saturated heterocycles. The Morgan fingerprint density at radius 1 is 0.727 bits per heavy atom. The van der Waals surface area contributed by atoms with Crippen molar-refractivity contribution in [3.05, 3.63) is 102 Å². The topological polar surface area (TPSA) is 35.0 Å². The monoisotopic (exact) mass is 428 g/mol. The molecule has 160 valence electrons. The van der Waals surface area contributed by atoms with Gasteiger partial charge in [-0.2, -0.15) is 0 Å². The molecule has 0 fully saturated rings. The fourth-order valence-electron chi connectivity index (χ4n) is 4.74. The van der Waals surface area contributed by atoms with E-state index >= 15 is 0 Å². The van der Waals surface area contributed by atoms with E-state index in [1.165, 1.54) is 22.3 Å². The Morgan fingerprint density at radius 2 is 1.48 bits per heavy atom. The second-order valence-electron chi connectivity index (χ2n) is 8.65. The van der Waals surface area contributed by atoms with Crippen molar-refractivity contribution in [1.82, 2.24) is 9.97 Å². The summed E-state index contributed by atoms with van der Waals surface area (Å²) in [5.74, 6) is 0.844. The number of hydrogen-bond donors (Lipinski definition) is 0. The lowest BCUT2D eigenvalue weighted by molar-refractivity contribution is 0.415. The zero-order chi connectivity index (χ0) is 22.4. The first-order chi connectivity index (χ1) is 16.2. The molecule has 0 atom stereocenters. The van der Waals surface area contributed by atoms with Gasteiger partial charge in [0, 0.05) is 16.5 Å². The van der Waals surface area contributed by atoms with Crippen molar-refractivity contribution in [2.75, 3.05) is 7.11 Å². The second kappa shape index (κ2) is 7.86. The van der Waals surface area contributed by atoms with Crippen LogP contribution in [0.5, 0.6) is 5.75 Å². The van der Waals surface area contributed by atoms with E-state index < -0.39 is 0 Å². The third-order valence-corrected chi connectivity index (χ3v) is 6.54. The molecule has 0 aliphatic heterocycles. The van der Waals surface area contributed by atoms with Gasteiger partial charge in [0.2, 0.25) is 0 Å². The summed E-state index contributed by atoms with van der Waals surface area (Å²) in [6.07, 6.45) is 1.86. The van der Waals surface area contributed by atoms with Gasteiger partial charge in [-0.25, -0.2) is 4.98 Å². The minimum Gasteiger partial charge on any atom is -0.497 e. The largest absolute Gasteiger partial charge is 0.497 e. The number of benzene rings is 3. The number of rotatable bonds is 3. The van der Waals surface area contributed by atoms with Crippen molar-refractivity contribution >= 4 is 10.9 Å². The Bertz CT molecular complexity index is 1490. The molecule has 5 aromatic rings. The fourth-order valence-corrected chi connectivity index (χ4v) is 4.74. The summed E-state index contributed by atoms with van der Waals surface area (Å²) in [5, 5.41) is 1.15. The Balaban J connectivity index is 1.61. The summed E-state index contributed by atoms with van der Waals surface area (Å²) in [6.45, 7) is 2.13. The molecular formula is C30H24N2O. The standard InChI is InChI=1S/C30H24N2O/c1-19-7-9-20(10-8-19)25-18-29(21-11-13-23(33-2)14-12-21)32-30-24(25)15-16-28-26(30)17-22-5-3-4-6-27(22)31-28/h3-14,17-18H,15-16H2,1-2H3. The highest BCUT2D eigenvalue weighted by Gasteiger charge is 2.24. The lowest BCUT2D eigenvalue weighted by Gasteiger charge is -2.23. The third-order valence-electron chi connectivity index (χ3n) is 6.54. The summed E-state index contributed by atoms with van der Waals surface area (Å²) in [6, 6.07) is 29.8. The molecule has 0 spiro atoms. The second-order valence-corrected chi connectivity index (χ2v) is 8.65. The van der Waals surface area contributed by atoms with Gasteiger partial charge >= 0.3 is 0 Å². The molecule has 0 saturated carbocycles. The molecule has 3 nitrogen and oxygen atoms in total. The number of methoxy groups -OCH3 is 1. The average Bonchev–Trinajstić information content (AvgIpc) is 2.87. The van der Waals surface area contributed by atoms with E-state index in [0.29, 0.717) is 0 Å². The normalized spacial score (nSPS) is 12.3. The molecule has 2 heterocycles. The van der Waals surface area contributed by atoms with E-state index in [-0.39, 0.29) is 0 Å². The Hall–Kier alpha value is -3.98. The molecular weight excluding hydrogens is 404 g/mol. The average molecular weight is 429 g/mol. The predicted molar refractivity (Wildman–Crippen MR) is 135 cm³/mol. The molecule has 0 unspecified atom stereocenters. The Morgan fingerprint density at radius 3 is 2.27 bits per heavy atom. The van der Waals surface area contributed by atoms with Crippen molar-refractivity contribution in [1.29, 1.82) is 0 Å². The molecule has 1 aliphatic rings. The van der Waals surface area contributed by atoms with Crippen LogP contribution in [0.3, 0.4) is 0 Å². The molecule has 3 heteroatoms. The summed E-state index contributed by atoms with van der Waals surface area (Å²) < 4.78 is 5.36. The molecule has 1 aliphatic carbocycles. The number of fused-ring (bicyclic) bond motifs is 4. The van der Waals surface area contributed by atoms with Crippen molar-refractivity contribution < 1.29 is 4.74 Å². The first-order valence-electron chi connectivity index (χ1n) is 11.3. The zero-order valence-corrected chi connectivity index (χ0v) is 18.8. The number of para-hydroxylation sites is 1. The molecule has 6 rings (SSSR count). The third kappa shape index (κ3) is 3.46. The number of pyridine rings is 2. The van der Waals surface area contributed by atoms with E-state index in [0.717, 1.165) is 57.7 Å². The molecule has 3 aromatic carbocycles. The van der Waals surface area contributed by atoms with Gasteiger partial charge in [0.15, 0.2) is 0 Å². The van der Waals surface area contributed by atoms with Crippen LogP contribution in [0.4, 0.5) is 0 Å². The van der Waals surface area contributed by atoms with Gasteiger partial charge in [-0.3, -0.25) is 4.98 Å². The Labute approximate surface area is 193 Å². The van der Waals surface area contributed by atoms with Crippen LogP contribution in [0.15, 0.2) is 84.9 Å². The quantitative estimate of drug-likeness (QED) is 0.309. The van der Waals surface area contributed by atoms with Gasteiger partial charge in [0.25, 0.3) is 0 Å². The van der Waals surface area contributed by atoms with E-state index in [4.69, 9.17) is 14.7 Å². The molecule has 0 amide bonds. The number of nitrogens with zero attached hydrogens (tertiary/aromatic N) is 2. The van der Waals surface area contributed by atoms with Crippen LogP contribution in [0.2, 0.25) is 0 Å². The lowest BCUT2D eigenvalue weighted by atomic mass is 9.85. The van der Waals surface area contributed by atoms with Gasteiger partial charge < -0.3 is 4.74 Å². The van der Waals surface area contributed by atoms with Crippen molar-refractivity contribution in [3.8, 4) is 39.4 Å². The van der Waals surface area contributed by atoms with Gasteiger partial charge in [0.05, 0.1) is 29.7 Å². The van der Waals surface area contributed by atoms with Crippen LogP contribution in [-0.4, -0.2) is 17.1 Å². The van der Waals surface area contributed by atoms with Gasteiger partial charge in [-0.15, -0.1) is 0 Å². The predicted octanol–water partition coefficient (Wildman–Crippen LogP) is 7.05. The van der Waals surface area contributed by atoms with E-state index in [1.807, 2.05) is 18.2 Å². The van der Waals surface area contributed by atoms with Crippen LogP contribution < -0.4 is 4.74 Å². The van der Waals surface area contributed by atoms with E-state index in [9.17, 15) is 0 Å². The first-order valence-corrected chi connectivity index (χ1v) is 11.3. The Kier molecular flexibility index (Phi) is 4.69. The van der Waals surface area contributed by atoms with Crippen LogP contribution >= 0.6 is 0 Å². The molecule has 0 bridgehead atoms. The molecule has 0 radical (unpaired) electrons. The van der Waals surface area contributed by atoms with Crippen molar-refractivity contribution in [3.63, 3.8) is 0 Å². The highest BCUT2D eigenvalue weighted by Crippen LogP contribution is 2.40. The smallest absolute Gasteiger partial charge is 0.118 e. The summed E-state index contributed by atoms with van der Waals surface area (Å²) in [4.78, 5) is 10.2. The van der Waals surface area contributed by atoms with Crippen LogP contribution in [-0.2, 0) is 12.8 Å². The summed E-state index contributed by atoms with van der Waals surface area (Å²) >= 11 is 0. The number of aryl methyl sites for hydroxylation is 2. The minimum atomic E-state index is 0.844. The molecule has 0 N–H and O–H groups in total. The van der Waals surface area contributed by atoms with E-state index in [1.54, 1.807) is 7.11 Å². The highest BCUT2D eigenvalue weighted by molar-refractivity contribution is 5.88. The van der Waals surface area contributed by atoms with E-state index in [2.05, 4.69) is 73.7 Å². The molecule has 2 aromatic heterocycles. The number of hydrogen-bond acceptors (Lipinski definition) is 3. The number of aromatic nitrogens is 2. The van der Waals surface area contributed by atoms with Crippen LogP contribution in [0.1, 0.15) is 16.8 Å². The SMILES string of the molecule is COc1ccc(-c2cc(-c3ccc(C)cc3)c3c(n2)-c2cc4ccccc4nc2CC3)cc1. The lowest BCUT2D eigenvalue weighted by Crippen LogP contribution is -2.10. The van der Waals surface area contributed by atoms with Gasteiger partial charge in [-0.1, -0.05) is 48.0 Å². The molecule has 33 heavy (non-hydrogen) atoms. The summed E-state index contributed by atoms with van der Waals surface area (Å²) in [5.41, 5.74) is 11.5. The van der Waals surface area contributed by atoms with Crippen molar-refractivity contribution in [2.45, 2.75) is 19.8 Å². The fraction of sp³-hybridized carbons (Fsp3) is 0.133. The highest BCUT2D eigenvalue weighted by atomic mass is 16.5.